The smallest absolute Gasteiger partial charge is 0.307 e. The van der Waals surface area contributed by atoms with Gasteiger partial charge in [-0.2, -0.15) is 0 Å². The van der Waals surface area contributed by atoms with E-state index in [4.69, 9.17) is 10.1 Å². The van der Waals surface area contributed by atoms with Crippen LogP contribution in [0.3, 0.4) is 0 Å². The maximum Gasteiger partial charge on any atom is 0.307 e. The molecular weight excluding hydrogens is 535 g/mol. The largest absolute Gasteiger partial charge is 0.494 e. The number of aromatic hydroxyl groups is 1. The van der Waals surface area contributed by atoms with Gasteiger partial charge in [-0.15, -0.1) is 0 Å². The number of nitrogens with one attached hydrogen (secondary N) is 1. The van der Waals surface area contributed by atoms with Crippen molar-refractivity contribution >= 4 is 44.0 Å². The summed E-state index contributed by atoms with van der Waals surface area (Å²) in [5.41, 5.74) is 3.30. The van der Waals surface area contributed by atoms with Crippen molar-refractivity contribution in [2.24, 2.45) is 4.99 Å². The Morgan fingerprint density at radius 3 is 2.27 bits per heavy atom. The molecule has 1 aromatic heterocycles. The number of hydrogen-bond donors (Lipinski definition) is 3. The molecule has 4 aromatic rings. The molecule has 0 fully saturated rings. The molecule has 0 radical (unpaired) electrons. The molecule has 0 aliphatic carbocycles. The van der Waals surface area contributed by atoms with E-state index in [1.54, 1.807) is 54.6 Å². The topological polar surface area (TPSA) is 126 Å². The number of halogens is 1. The summed E-state index contributed by atoms with van der Waals surface area (Å²) in [5.74, 6) is -1.62. The molecule has 4 rings (SSSR count). The van der Waals surface area contributed by atoms with E-state index < -0.39 is 21.8 Å². The summed E-state index contributed by atoms with van der Waals surface area (Å²) < 4.78 is 40.2. The number of carbonyl (C=O) groups is 1. The minimum atomic E-state index is -3.51. The van der Waals surface area contributed by atoms with Crippen LogP contribution in [0.2, 0.25) is 0 Å². The molecular formula is C29H31FN4O5S. The van der Waals surface area contributed by atoms with Gasteiger partial charge in [-0.3, -0.25) is 9.10 Å². The van der Waals surface area contributed by atoms with Crippen molar-refractivity contribution in [3.8, 4) is 5.88 Å². The number of fused-ring (bicyclic) bond motifs is 1. The molecule has 0 atom stereocenters. The van der Waals surface area contributed by atoms with Gasteiger partial charge < -0.3 is 20.1 Å². The Bertz CT molecular complexity index is 1650. The Kier molecular flexibility index (Phi) is 8.55. The van der Waals surface area contributed by atoms with Gasteiger partial charge in [0.25, 0.3) is 0 Å². The number of carboxylic acid groups (broad SMARTS) is 1. The number of H-pyrrole nitrogens is 1. The number of anilines is 1. The van der Waals surface area contributed by atoms with Crippen LogP contribution in [0.4, 0.5) is 15.8 Å². The molecule has 0 aliphatic heterocycles. The molecule has 1 heterocycles. The van der Waals surface area contributed by atoms with E-state index in [9.17, 15) is 22.7 Å². The number of hydrogen-bond acceptors (Lipinski definition) is 6. The van der Waals surface area contributed by atoms with E-state index in [0.717, 1.165) is 6.54 Å². The quantitative estimate of drug-likeness (QED) is 0.229. The lowest BCUT2D eigenvalue weighted by Gasteiger charge is -2.23. The van der Waals surface area contributed by atoms with Gasteiger partial charge in [0.2, 0.25) is 10.0 Å². The number of aromatic amines is 1. The number of aromatic nitrogens is 1. The van der Waals surface area contributed by atoms with E-state index in [1.165, 1.54) is 22.7 Å². The first-order valence-electron chi connectivity index (χ1n) is 12.6. The monoisotopic (exact) mass is 566 g/mol. The second kappa shape index (κ2) is 11.9. The Morgan fingerprint density at radius 1 is 1.00 bits per heavy atom. The van der Waals surface area contributed by atoms with Crippen LogP contribution < -0.4 is 4.31 Å². The first-order chi connectivity index (χ1) is 18.9. The fourth-order valence-electron chi connectivity index (χ4n) is 4.45. The molecule has 0 unspecified atom stereocenters. The van der Waals surface area contributed by atoms with Gasteiger partial charge >= 0.3 is 5.97 Å². The van der Waals surface area contributed by atoms with Crippen molar-refractivity contribution in [3.05, 3.63) is 89.2 Å². The van der Waals surface area contributed by atoms with Crippen LogP contribution in [0, 0.1) is 5.82 Å². The van der Waals surface area contributed by atoms with Gasteiger partial charge in [0.1, 0.15) is 5.82 Å². The summed E-state index contributed by atoms with van der Waals surface area (Å²) in [4.78, 5) is 20.7. The van der Waals surface area contributed by atoms with Crippen LogP contribution in [0.5, 0.6) is 5.88 Å². The number of rotatable bonds is 11. The predicted octanol–water partition coefficient (Wildman–Crippen LogP) is 4.53. The first-order valence-corrected chi connectivity index (χ1v) is 14.4. The third-order valence-corrected chi connectivity index (χ3v) is 7.50. The molecule has 0 bridgehead atoms. The van der Waals surface area contributed by atoms with Crippen LogP contribution in [0.1, 0.15) is 23.1 Å². The molecule has 9 nitrogen and oxygen atoms in total. The highest BCUT2D eigenvalue weighted by Crippen LogP contribution is 2.32. The van der Waals surface area contributed by atoms with Crippen molar-refractivity contribution in [1.29, 1.82) is 0 Å². The second-order valence-corrected chi connectivity index (χ2v) is 11.7. The summed E-state index contributed by atoms with van der Waals surface area (Å²) in [6.07, 6.45) is 1.68. The SMILES string of the molecule is CN(C)CCCN(c1ccc(N=C(c2ccc(CC(=O)O)cc2)c2c(O)[nH]c3cc(F)ccc23)cc1)S(C)(=O)=O. The average molecular weight is 567 g/mol. The third kappa shape index (κ3) is 6.85. The highest BCUT2D eigenvalue weighted by molar-refractivity contribution is 7.92. The standard InChI is InChI=1S/C29H31FN4O5S/c1-33(2)15-4-16-34(40(3,38)39)23-12-10-22(11-13-23)31-28(20-7-5-19(6-8-20)17-26(35)36)27-24-14-9-21(30)18-25(24)32-29(27)37/h5-14,18,32,37H,4,15-17H2,1-3H3,(H,35,36). The van der Waals surface area contributed by atoms with Crippen molar-refractivity contribution in [2.75, 3.05) is 37.7 Å². The average Bonchev–Trinajstić information content (AvgIpc) is 3.19. The Balaban J connectivity index is 1.77. The van der Waals surface area contributed by atoms with Gasteiger partial charge in [0.05, 0.1) is 40.8 Å². The van der Waals surface area contributed by atoms with Gasteiger partial charge in [0, 0.05) is 17.5 Å². The van der Waals surface area contributed by atoms with Crippen molar-refractivity contribution in [3.63, 3.8) is 0 Å². The van der Waals surface area contributed by atoms with Gasteiger partial charge in [-0.25, -0.2) is 17.8 Å². The van der Waals surface area contributed by atoms with Crippen LogP contribution in [0.15, 0.2) is 71.7 Å². The molecule has 11 heteroatoms. The fourth-order valence-corrected chi connectivity index (χ4v) is 5.42. The third-order valence-electron chi connectivity index (χ3n) is 6.31. The van der Waals surface area contributed by atoms with Gasteiger partial charge in [0.15, 0.2) is 5.88 Å². The lowest BCUT2D eigenvalue weighted by atomic mass is 9.99. The summed E-state index contributed by atoms with van der Waals surface area (Å²) in [6, 6.07) is 17.6. The molecule has 0 saturated heterocycles. The maximum absolute atomic E-state index is 13.9. The maximum atomic E-state index is 13.9. The number of sulfonamides is 1. The highest BCUT2D eigenvalue weighted by Gasteiger charge is 2.20. The normalized spacial score (nSPS) is 12.3. The molecule has 0 amide bonds. The van der Waals surface area contributed by atoms with Crippen LogP contribution >= 0.6 is 0 Å². The van der Waals surface area contributed by atoms with Crippen LogP contribution in [-0.4, -0.2) is 73.6 Å². The van der Waals surface area contributed by atoms with E-state index in [-0.39, 0.29) is 12.3 Å². The van der Waals surface area contributed by atoms with Crippen molar-refractivity contribution in [2.45, 2.75) is 12.8 Å². The van der Waals surface area contributed by atoms with Crippen molar-refractivity contribution < 1.29 is 27.8 Å². The zero-order valence-corrected chi connectivity index (χ0v) is 23.2. The number of benzene rings is 3. The van der Waals surface area contributed by atoms with Gasteiger partial charge in [-0.05, 0) is 75.1 Å². The van der Waals surface area contributed by atoms with E-state index in [0.29, 0.717) is 57.6 Å². The molecule has 40 heavy (non-hydrogen) atoms. The molecule has 0 aliphatic rings. The Hall–Kier alpha value is -4.22. The van der Waals surface area contributed by atoms with Crippen LogP contribution in [0.25, 0.3) is 10.9 Å². The molecule has 3 aromatic carbocycles. The zero-order valence-electron chi connectivity index (χ0n) is 22.4. The second-order valence-electron chi connectivity index (χ2n) is 9.77. The molecule has 0 saturated carbocycles. The van der Waals surface area contributed by atoms with E-state index in [2.05, 4.69) is 4.98 Å². The lowest BCUT2D eigenvalue weighted by molar-refractivity contribution is -0.136. The Labute approximate surface area is 232 Å². The summed E-state index contributed by atoms with van der Waals surface area (Å²) in [6.45, 7) is 1.06. The molecule has 210 valence electrons. The number of carboxylic acids is 1. The number of aliphatic carboxylic acids is 1. The molecule has 0 spiro atoms. The minimum absolute atomic E-state index is 0.142. The van der Waals surface area contributed by atoms with Crippen LogP contribution in [-0.2, 0) is 21.2 Å². The van der Waals surface area contributed by atoms with Gasteiger partial charge in [-0.1, -0.05) is 24.3 Å². The summed E-state index contributed by atoms with van der Waals surface area (Å²) in [5, 5.41) is 20.5. The first kappa shape index (κ1) is 28.8. The summed E-state index contributed by atoms with van der Waals surface area (Å²) >= 11 is 0. The highest BCUT2D eigenvalue weighted by atomic mass is 32.2. The predicted molar refractivity (Wildman–Crippen MR) is 155 cm³/mol. The minimum Gasteiger partial charge on any atom is -0.494 e. The summed E-state index contributed by atoms with van der Waals surface area (Å²) in [7, 11) is 0.348. The van der Waals surface area contributed by atoms with Crippen molar-refractivity contribution in [1.82, 2.24) is 9.88 Å². The molecule has 3 N–H and O–H groups in total. The number of aliphatic imine (C=N–C) groups is 1. The zero-order chi connectivity index (χ0) is 29.0. The van der Waals surface area contributed by atoms with E-state index >= 15 is 0 Å². The Morgan fingerprint density at radius 2 is 1.68 bits per heavy atom. The lowest BCUT2D eigenvalue weighted by Crippen LogP contribution is -2.32. The van der Waals surface area contributed by atoms with E-state index in [1.807, 2.05) is 19.0 Å². The number of nitrogens with zero attached hydrogens (tertiary/aromatic N) is 3. The fraction of sp³-hybridized carbons (Fsp3) is 0.241.